The van der Waals surface area contributed by atoms with E-state index in [1.165, 1.54) is 0 Å². The standard InChI is InChI=1S/C20H20ClN3O2/c1-13-7-8-17(21)19(9-13)26-12-15-5-4-6-16(10-15)20(25)23-18-11-22-24(3)14(18)2/h4-11H,12H2,1-3H3,(H,23,25). The molecule has 0 fully saturated rings. The summed E-state index contributed by atoms with van der Waals surface area (Å²) < 4.78 is 7.52. The highest BCUT2D eigenvalue weighted by Crippen LogP contribution is 2.26. The van der Waals surface area contributed by atoms with Crippen LogP contribution < -0.4 is 10.1 Å². The zero-order chi connectivity index (χ0) is 18.7. The number of nitrogens with one attached hydrogen (secondary N) is 1. The van der Waals surface area contributed by atoms with Crippen LogP contribution in [0.1, 0.15) is 27.2 Å². The van der Waals surface area contributed by atoms with Crippen LogP contribution >= 0.6 is 11.6 Å². The molecular formula is C20H20ClN3O2. The Kier molecular flexibility index (Phi) is 5.28. The number of rotatable bonds is 5. The van der Waals surface area contributed by atoms with Crippen molar-refractivity contribution in [2.75, 3.05) is 5.32 Å². The fourth-order valence-electron chi connectivity index (χ4n) is 2.50. The molecule has 1 N–H and O–H groups in total. The maximum absolute atomic E-state index is 12.5. The second-order valence-corrected chi connectivity index (χ2v) is 6.55. The maximum atomic E-state index is 12.5. The number of halogens is 1. The summed E-state index contributed by atoms with van der Waals surface area (Å²) in [6, 6.07) is 13.0. The first kappa shape index (κ1) is 18.0. The fraction of sp³-hybridized carbons (Fsp3) is 0.200. The van der Waals surface area contributed by atoms with E-state index in [1.54, 1.807) is 16.9 Å². The SMILES string of the molecule is Cc1ccc(Cl)c(OCc2cccc(C(=O)Nc3cnn(C)c3C)c2)c1. The molecule has 3 aromatic rings. The molecule has 0 saturated carbocycles. The van der Waals surface area contributed by atoms with Gasteiger partial charge in [0.2, 0.25) is 0 Å². The number of aromatic nitrogens is 2. The van der Waals surface area contributed by atoms with Crippen LogP contribution in [-0.2, 0) is 13.7 Å². The number of nitrogens with zero attached hydrogens (tertiary/aromatic N) is 2. The van der Waals surface area contributed by atoms with Gasteiger partial charge in [-0.05, 0) is 49.2 Å². The minimum atomic E-state index is -0.184. The van der Waals surface area contributed by atoms with Crippen molar-refractivity contribution in [3.05, 3.63) is 76.1 Å². The lowest BCUT2D eigenvalue weighted by molar-refractivity contribution is 0.102. The maximum Gasteiger partial charge on any atom is 0.255 e. The Morgan fingerprint density at radius 1 is 1.23 bits per heavy atom. The van der Waals surface area contributed by atoms with Crippen LogP contribution in [-0.4, -0.2) is 15.7 Å². The lowest BCUT2D eigenvalue weighted by Crippen LogP contribution is -2.13. The lowest BCUT2D eigenvalue weighted by Gasteiger charge is -2.10. The van der Waals surface area contributed by atoms with E-state index >= 15 is 0 Å². The molecule has 6 heteroatoms. The van der Waals surface area contributed by atoms with Crippen molar-refractivity contribution in [1.29, 1.82) is 0 Å². The first-order valence-corrected chi connectivity index (χ1v) is 8.59. The highest BCUT2D eigenvalue weighted by molar-refractivity contribution is 6.32. The van der Waals surface area contributed by atoms with Gasteiger partial charge in [0.25, 0.3) is 5.91 Å². The minimum absolute atomic E-state index is 0.184. The van der Waals surface area contributed by atoms with Crippen molar-refractivity contribution in [1.82, 2.24) is 9.78 Å². The van der Waals surface area contributed by atoms with E-state index in [2.05, 4.69) is 10.4 Å². The molecule has 0 radical (unpaired) electrons. The normalized spacial score (nSPS) is 10.6. The predicted molar refractivity (Wildman–Crippen MR) is 103 cm³/mol. The molecule has 1 aromatic heterocycles. The molecule has 0 spiro atoms. The number of benzene rings is 2. The second kappa shape index (κ2) is 7.62. The molecule has 1 heterocycles. The Balaban J connectivity index is 1.70. The molecule has 0 aliphatic heterocycles. The minimum Gasteiger partial charge on any atom is -0.487 e. The summed E-state index contributed by atoms with van der Waals surface area (Å²) in [6.07, 6.45) is 1.64. The number of aryl methyl sites for hydroxylation is 2. The molecule has 0 saturated heterocycles. The Labute approximate surface area is 157 Å². The van der Waals surface area contributed by atoms with Gasteiger partial charge in [0, 0.05) is 12.6 Å². The van der Waals surface area contributed by atoms with Gasteiger partial charge in [-0.3, -0.25) is 9.48 Å². The third kappa shape index (κ3) is 4.06. The Morgan fingerprint density at radius 3 is 2.77 bits per heavy atom. The van der Waals surface area contributed by atoms with Crippen molar-refractivity contribution < 1.29 is 9.53 Å². The highest BCUT2D eigenvalue weighted by Gasteiger charge is 2.11. The van der Waals surface area contributed by atoms with E-state index in [0.717, 1.165) is 16.8 Å². The summed E-state index contributed by atoms with van der Waals surface area (Å²) in [5.74, 6) is 0.448. The number of amides is 1. The monoisotopic (exact) mass is 369 g/mol. The Morgan fingerprint density at radius 2 is 2.04 bits per heavy atom. The summed E-state index contributed by atoms with van der Waals surface area (Å²) in [6.45, 7) is 4.21. The molecule has 134 valence electrons. The van der Waals surface area contributed by atoms with Gasteiger partial charge in [-0.25, -0.2) is 0 Å². The van der Waals surface area contributed by atoms with Crippen LogP contribution in [0.5, 0.6) is 5.75 Å². The number of hydrogen-bond acceptors (Lipinski definition) is 3. The zero-order valence-electron chi connectivity index (χ0n) is 14.9. The van der Waals surface area contributed by atoms with Gasteiger partial charge >= 0.3 is 0 Å². The van der Waals surface area contributed by atoms with Crippen LogP contribution in [0.15, 0.2) is 48.7 Å². The molecule has 0 atom stereocenters. The van der Waals surface area contributed by atoms with Crippen molar-refractivity contribution in [2.45, 2.75) is 20.5 Å². The Bertz CT molecular complexity index is 950. The van der Waals surface area contributed by atoms with Gasteiger partial charge in [0.05, 0.1) is 22.6 Å². The third-order valence-electron chi connectivity index (χ3n) is 4.15. The number of carbonyl (C=O) groups excluding carboxylic acids is 1. The average Bonchev–Trinajstić information content (AvgIpc) is 2.95. The molecule has 0 aliphatic carbocycles. The summed E-state index contributed by atoms with van der Waals surface area (Å²) in [7, 11) is 1.83. The van der Waals surface area contributed by atoms with Gasteiger partial charge in [-0.2, -0.15) is 5.10 Å². The first-order chi connectivity index (χ1) is 12.4. The van der Waals surface area contributed by atoms with E-state index in [4.69, 9.17) is 16.3 Å². The largest absolute Gasteiger partial charge is 0.487 e. The van der Waals surface area contributed by atoms with Gasteiger partial charge in [-0.1, -0.05) is 29.8 Å². The topological polar surface area (TPSA) is 56.1 Å². The molecule has 3 rings (SSSR count). The van der Waals surface area contributed by atoms with Crippen molar-refractivity contribution >= 4 is 23.2 Å². The summed E-state index contributed by atoms with van der Waals surface area (Å²) >= 11 is 6.15. The number of anilines is 1. The number of hydrogen-bond donors (Lipinski definition) is 1. The van der Waals surface area contributed by atoms with E-state index in [-0.39, 0.29) is 5.91 Å². The number of ether oxygens (including phenoxy) is 1. The van der Waals surface area contributed by atoms with Crippen LogP contribution in [0.2, 0.25) is 5.02 Å². The summed E-state index contributed by atoms with van der Waals surface area (Å²) in [5.41, 5.74) is 4.12. The first-order valence-electron chi connectivity index (χ1n) is 8.22. The molecule has 1 amide bonds. The zero-order valence-corrected chi connectivity index (χ0v) is 15.7. The fourth-order valence-corrected chi connectivity index (χ4v) is 2.67. The average molecular weight is 370 g/mol. The molecule has 2 aromatic carbocycles. The van der Waals surface area contributed by atoms with Gasteiger partial charge in [-0.15, -0.1) is 0 Å². The summed E-state index contributed by atoms with van der Waals surface area (Å²) in [4.78, 5) is 12.5. The highest BCUT2D eigenvalue weighted by atomic mass is 35.5. The molecule has 0 unspecified atom stereocenters. The van der Waals surface area contributed by atoms with Crippen LogP contribution in [0.3, 0.4) is 0 Å². The van der Waals surface area contributed by atoms with Crippen molar-refractivity contribution in [3.8, 4) is 5.75 Å². The van der Waals surface area contributed by atoms with E-state index in [1.807, 2.05) is 57.3 Å². The van der Waals surface area contributed by atoms with Crippen LogP contribution in [0, 0.1) is 13.8 Å². The molecular weight excluding hydrogens is 350 g/mol. The second-order valence-electron chi connectivity index (χ2n) is 6.14. The van der Waals surface area contributed by atoms with E-state index in [0.29, 0.717) is 28.6 Å². The quantitative estimate of drug-likeness (QED) is 0.719. The van der Waals surface area contributed by atoms with Gasteiger partial charge in [0.1, 0.15) is 12.4 Å². The van der Waals surface area contributed by atoms with Gasteiger partial charge in [0.15, 0.2) is 0 Å². The number of carbonyl (C=O) groups is 1. The Hall–Kier alpha value is -2.79. The molecule has 5 nitrogen and oxygen atoms in total. The van der Waals surface area contributed by atoms with Crippen LogP contribution in [0.4, 0.5) is 5.69 Å². The molecule has 26 heavy (non-hydrogen) atoms. The third-order valence-corrected chi connectivity index (χ3v) is 4.47. The summed E-state index contributed by atoms with van der Waals surface area (Å²) in [5, 5.41) is 7.58. The smallest absolute Gasteiger partial charge is 0.255 e. The predicted octanol–water partition coefficient (Wildman–Crippen LogP) is 4.52. The van der Waals surface area contributed by atoms with Crippen LogP contribution in [0.25, 0.3) is 0 Å². The molecule has 0 bridgehead atoms. The lowest BCUT2D eigenvalue weighted by atomic mass is 10.1. The molecule has 0 aliphatic rings. The van der Waals surface area contributed by atoms with Gasteiger partial charge < -0.3 is 10.1 Å². The van der Waals surface area contributed by atoms with Crippen molar-refractivity contribution in [3.63, 3.8) is 0 Å². The van der Waals surface area contributed by atoms with E-state index in [9.17, 15) is 4.79 Å². The van der Waals surface area contributed by atoms with E-state index < -0.39 is 0 Å². The van der Waals surface area contributed by atoms with Crippen molar-refractivity contribution in [2.24, 2.45) is 7.05 Å².